The number of ether oxygens (including phenoxy) is 1. The number of carbonyl (C=O) groups excluding carboxylic acids is 1. The molecule has 0 saturated carbocycles. The zero-order chi connectivity index (χ0) is 23.7. The van der Waals surface area contributed by atoms with Crippen LogP contribution in [0.5, 0.6) is 5.75 Å². The maximum absolute atomic E-state index is 12.9. The number of thiazole rings is 1. The molecule has 0 unspecified atom stereocenters. The van der Waals surface area contributed by atoms with Gasteiger partial charge in [-0.2, -0.15) is 0 Å². The number of hydrogen-bond acceptors (Lipinski definition) is 7. The molecule has 0 aliphatic carbocycles. The van der Waals surface area contributed by atoms with Crippen molar-refractivity contribution in [3.05, 3.63) is 94.7 Å². The van der Waals surface area contributed by atoms with Gasteiger partial charge in [0.1, 0.15) is 16.5 Å². The van der Waals surface area contributed by atoms with E-state index in [-0.39, 0.29) is 17.2 Å². The largest absolute Gasteiger partial charge is 0.495 e. The van der Waals surface area contributed by atoms with E-state index < -0.39 is 10.8 Å². The fourth-order valence-electron chi connectivity index (χ4n) is 3.56. The van der Waals surface area contributed by atoms with E-state index in [1.807, 2.05) is 30.3 Å². The average Bonchev–Trinajstić information content (AvgIpc) is 3.52. The van der Waals surface area contributed by atoms with Gasteiger partial charge in [0.05, 0.1) is 33.5 Å². The van der Waals surface area contributed by atoms with Crippen molar-refractivity contribution in [1.29, 1.82) is 0 Å². The summed E-state index contributed by atoms with van der Waals surface area (Å²) in [4.78, 5) is 28.4. The number of methoxy groups -OCH3 is 1. The number of nitro groups is 1. The molecule has 2 aromatic heterocycles. The van der Waals surface area contributed by atoms with Gasteiger partial charge in [-0.05, 0) is 48.5 Å². The number of carbonyl (C=O) groups is 1. The topological polar surface area (TPSA) is 108 Å². The maximum Gasteiger partial charge on any atom is 0.291 e. The zero-order valence-corrected chi connectivity index (χ0v) is 18.7. The Hall–Kier alpha value is -4.50. The van der Waals surface area contributed by atoms with Crippen LogP contribution in [0, 0.1) is 10.1 Å². The number of anilines is 1. The molecule has 0 saturated heterocycles. The minimum atomic E-state index is -0.510. The summed E-state index contributed by atoms with van der Waals surface area (Å²) in [6.45, 7) is 0. The first kappa shape index (κ1) is 21.4. The molecule has 1 N–H and O–H groups in total. The van der Waals surface area contributed by atoms with E-state index in [4.69, 9.17) is 9.15 Å². The number of para-hydroxylation sites is 2. The van der Waals surface area contributed by atoms with Gasteiger partial charge in [0.2, 0.25) is 0 Å². The monoisotopic (exact) mass is 471 g/mol. The van der Waals surface area contributed by atoms with Crippen molar-refractivity contribution >= 4 is 38.8 Å². The summed E-state index contributed by atoms with van der Waals surface area (Å²) >= 11 is 1.55. The lowest BCUT2D eigenvalue weighted by Gasteiger charge is -2.10. The van der Waals surface area contributed by atoms with Gasteiger partial charge in [0, 0.05) is 11.6 Å². The third kappa shape index (κ3) is 4.00. The number of fused-ring (bicyclic) bond motifs is 1. The molecule has 0 aliphatic rings. The summed E-state index contributed by atoms with van der Waals surface area (Å²) in [5.41, 5.74) is 2.38. The summed E-state index contributed by atoms with van der Waals surface area (Å²) in [7, 11) is 1.52. The number of benzene rings is 3. The van der Waals surface area contributed by atoms with E-state index in [1.165, 1.54) is 25.3 Å². The predicted molar refractivity (Wildman–Crippen MR) is 130 cm³/mol. The highest BCUT2D eigenvalue weighted by Crippen LogP contribution is 2.35. The number of furan rings is 1. The summed E-state index contributed by atoms with van der Waals surface area (Å²) in [5, 5.41) is 14.9. The molecule has 1 amide bonds. The Bertz CT molecular complexity index is 1510. The molecular formula is C25H17N3O5S. The van der Waals surface area contributed by atoms with Crippen LogP contribution >= 0.6 is 11.3 Å². The first-order valence-electron chi connectivity index (χ1n) is 10.2. The van der Waals surface area contributed by atoms with Gasteiger partial charge >= 0.3 is 0 Å². The minimum absolute atomic E-state index is 0.0144. The van der Waals surface area contributed by atoms with E-state index in [9.17, 15) is 14.9 Å². The minimum Gasteiger partial charge on any atom is -0.495 e. The molecule has 5 aromatic rings. The molecule has 0 bridgehead atoms. The highest BCUT2D eigenvalue weighted by atomic mass is 32.1. The van der Waals surface area contributed by atoms with Crippen LogP contribution in [0.4, 0.5) is 11.4 Å². The number of nitrogens with zero attached hydrogens (tertiary/aromatic N) is 2. The van der Waals surface area contributed by atoms with Crippen molar-refractivity contribution in [3.8, 4) is 27.6 Å². The van der Waals surface area contributed by atoms with Crippen LogP contribution in [0.15, 0.2) is 83.3 Å². The van der Waals surface area contributed by atoms with E-state index in [0.717, 1.165) is 20.8 Å². The molecule has 34 heavy (non-hydrogen) atoms. The van der Waals surface area contributed by atoms with Crippen LogP contribution in [-0.4, -0.2) is 22.9 Å². The number of amides is 1. The SMILES string of the molecule is COc1ccc(-c2nc3ccccc3s2)cc1NC(=O)c1ccc(-c2ccccc2[N+](=O)[O-])o1. The van der Waals surface area contributed by atoms with Gasteiger partial charge in [-0.25, -0.2) is 4.98 Å². The number of nitrogens with one attached hydrogen (secondary N) is 1. The Kier molecular flexibility index (Phi) is 5.52. The van der Waals surface area contributed by atoms with Crippen LogP contribution in [-0.2, 0) is 0 Å². The van der Waals surface area contributed by atoms with E-state index in [0.29, 0.717) is 17.0 Å². The Balaban J connectivity index is 1.44. The summed E-state index contributed by atoms with van der Waals surface area (Å²) in [6.07, 6.45) is 0. The average molecular weight is 471 g/mol. The molecule has 3 aromatic carbocycles. The number of rotatable bonds is 6. The lowest BCUT2D eigenvalue weighted by molar-refractivity contribution is -0.384. The fourth-order valence-corrected chi connectivity index (χ4v) is 4.53. The maximum atomic E-state index is 12.9. The first-order chi connectivity index (χ1) is 16.5. The molecule has 0 spiro atoms. The Morgan fingerprint density at radius 3 is 2.65 bits per heavy atom. The van der Waals surface area contributed by atoms with E-state index >= 15 is 0 Å². The predicted octanol–water partition coefficient (Wildman–Crippen LogP) is 6.39. The fraction of sp³-hybridized carbons (Fsp3) is 0.0400. The van der Waals surface area contributed by atoms with Gasteiger partial charge in [-0.15, -0.1) is 11.3 Å². The second kappa shape index (κ2) is 8.80. The van der Waals surface area contributed by atoms with Crippen LogP contribution in [0.2, 0.25) is 0 Å². The molecular weight excluding hydrogens is 454 g/mol. The van der Waals surface area contributed by atoms with Gasteiger partial charge < -0.3 is 14.5 Å². The molecule has 5 rings (SSSR count). The first-order valence-corrected chi connectivity index (χ1v) is 11.0. The van der Waals surface area contributed by atoms with Crippen molar-refractivity contribution in [2.75, 3.05) is 12.4 Å². The Labute approximate surface area is 197 Å². The quantitative estimate of drug-likeness (QED) is 0.227. The van der Waals surface area contributed by atoms with Crippen LogP contribution in [0.25, 0.3) is 32.1 Å². The third-order valence-electron chi connectivity index (χ3n) is 5.18. The number of aromatic nitrogens is 1. The second-order valence-corrected chi connectivity index (χ2v) is 8.32. The van der Waals surface area contributed by atoms with Gasteiger partial charge in [0.25, 0.3) is 11.6 Å². The molecule has 0 radical (unpaired) electrons. The summed E-state index contributed by atoms with van der Waals surface area (Å²) in [6, 6.07) is 22.5. The van der Waals surface area contributed by atoms with Crippen molar-refractivity contribution in [1.82, 2.24) is 4.98 Å². The van der Waals surface area contributed by atoms with Crippen LogP contribution < -0.4 is 10.1 Å². The van der Waals surface area contributed by atoms with Crippen molar-refractivity contribution < 1.29 is 18.9 Å². The molecule has 168 valence electrons. The van der Waals surface area contributed by atoms with Crippen LogP contribution in [0.3, 0.4) is 0 Å². The number of nitro benzene ring substituents is 1. The lowest BCUT2D eigenvalue weighted by Crippen LogP contribution is -2.11. The van der Waals surface area contributed by atoms with Crippen molar-refractivity contribution in [3.63, 3.8) is 0 Å². The standard InChI is InChI=1S/C25H17N3O5S/c1-32-21-11-10-15(25-27-17-7-3-5-9-23(17)34-25)14-18(21)26-24(29)22-13-12-20(33-22)16-6-2-4-8-19(16)28(30)31/h2-14H,1H3,(H,26,29). The van der Waals surface area contributed by atoms with Gasteiger partial charge in [0.15, 0.2) is 5.76 Å². The molecule has 9 heteroatoms. The van der Waals surface area contributed by atoms with Crippen molar-refractivity contribution in [2.24, 2.45) is 0 Å². The molecule has 0 fully saturated rings. The van der Waals surface area contributed by atoms with E-state index in [1.54, 1.807) is 41.7 Å². The highest BCUT2D eigenvalue weighted by molar-refractivity contribution is 7.21. The Morgan fingerprint density at radius 2 is 1.85 bits per heavy atom. The zero-order valence-electron chi connectivity index (χ0n) is 17.8. The van der Waals surface area contributed by atoms with Crippen LogP contribution in [0.1, 0.15) is 10.6 Å². The second-order valence-electron chi connectivity index (χ2n) is 7.29. The summed E-state index contributed by atoms with van der Waals surface area (Å²) < 4.78 is 12.1. The summed E-state index contributed by atoms with van der Waals surface area (Å²) in [5.74, 6) is 0.210. The normalized spacial score (nSPS) is 10.9. The van der Waals surface area contributed by atoms with Crippen molar-refractivity contribution in [2.45, 2.75) is 0 Å². The molecule has 0 atom stereocenters. The van der Waals surface area contributed by atoms with Gasteiger partial charge in [-0.1, -0.05) is 24.3 Å². The molecule has 2 heterocycles. The van der Waals surface area contributed by atoms with E-state index in [2.05, 4.69) is 10.3 Å². The number of hydrogen-bond donors (Lipinski definition) is 1. The van der Waals surface area contributed by atoms with Gasteiger partial charge in [-0.3, -0.25) is 14.9 Å². The highest BCUT2D eigenvalue weighted by Gasteiger charge is 2.20. The third-order valence-corrected chi connectivity index (χ3v) is 6.27. The lowest BCUT2D eigenvalue weighted by atomic mass is 10.1. The Morgan fingerprint density at radius 1 is 1.06 bits per heavy atom. The molecule has 8 nitrogen and oxygen atoms in total. The molecule has 0 aliphatic heterocycles. The smallest absolute Gasteiger partial charge is 0.291 e.